The molecule has 1 aliphatic heterocycles. The Hall–Kier alpha value is -2.43. The number of carbonyl (C=O) groups excluding carboxylic acids is 1. The molecule has 4 rings (SSSR count). The highest BCUT2D eigenvalue weighted by molar-refractivity contribution is 5.94. The van der Waals surface area contributed by atoms with Gasteiger partial charge >= 0.3 is 0 Å². The number of aromatic nitrogens is 2. The number of hydrogen-bond acceptors (Lipinski definition) is 4. The minimum atomic E-state index is 0.131. The molecule has 0 unspecified atom stereocenters. The van der Waals surface area contributed by atoms with E-state index in [1.807, 2.05) is 30.9 Å². The van der Waals surface area contributed by atoms with E-state index >= 15 is 0 Å². The average molecular weight is 336 g/mol. The van der Waals surface area contributed by atoms with Crippen LogP contribution in [0.1, 0.15) is 39.2 Å². The summed E-state index contributed by atoms with van der Waals surface area (Å²) in [6, 6.07) is 8.25. The van der Waals surface area contributed by atoms with E-state index in [0.29, 0.717) is 0 Å². The van der Waals surface area contributed by atoms with Crippen LogP contribution in [-0.2, 0) is 12.8 Å². The Bertz CT molecular complexity index is 789. The van der Waals surface area contributed by atoms with E-state index in [9.17, 15) is 4.79 Å². The molecule has 0 bridgehead atoms. The molecule has 0 atom stereocenters. The Morgan fingerprint density at radius 3 is 2.36 bits per heavy atom. The van der Waals surface area contributed by atoms with Crippen LogP contribution in [0.15, 0.2) is 24.3 Å². The molecule has 2 heterocycles. The first kappa shape index (κ1) is 16.1. The number of benzene rings is 1. The maximum atomic E-state index is 12.8. The summed E-state index contributed by atoms with van der Waals surface area (Å²) in [5.74, 6) is 1.09. The summed E-state index contributed by atoms with van der Waals surface area (Å²) >= 11 is 0. The topological polar surface area (TPSA) is 49.3 Å². The zero-order chi connectivity index (χ0) is 17.4. The zero-order valence-corrected chi connectivity index (χ0v) is 15.0. The number of aryl methyl sites for hydroxylation is 4. The molecular formula is C20H24N4O. The van der Waals surface area contributed by atoms with Gasteiger partial charge in [0.25, 0.3) is 5.91 Å². The highest BCUT2D eigenvalue weighted by Gasteiger charge is 2.24. The van der Waals surface area contributed by atoms with E-state index in [1.54, 1.807) is 0 Å². The van der Waals surface area contributed by atoms with Crippen LogP contribution in [0.3, 0.4) is 0 Å². The van der Waals surface area contributed by atoms with E-state index in [4.69, 9.17) is 0 Å². The molecule has 5 heteroatoms. The number of piperazine rings is 1. The number of nitrogens with zero attached hydrogens (tertiary/aromatic N) is 4. The van der Waals surface area contributed by atoms with E-state index < -0.39 is 0 Å². The summed E-state index contributed by atoms with van der Waals surface area (Å²) in [5.41, 5.74) is 5.57. The molecule has 0 radical (unpaired) electrons. The van der Waals surface area contributed by atoms with Gasteiger partial charge in [0.05, 0.1) is 5.69 Å². The van der Waals surface area contributed by atoms with Crippen molar-refractivity contribution in [1.82, 2.24) is 15.1 Å². The number of hydrogen-bond donors (Lipinski definition) is 0. The highest BCUT2D eigenvalue weighted by Crippen LogP contribution is 2.23. The Balaban J connectivity index is 1.43. The number of anilines is 1. The quantitative estimate of drug-likeness (QED) is 0.846. The molecule has 0 N–H and O–H groups in total. The number of fused-ring (bicyclic) bond motifs is 1. The summed E-state index contributed by atoms with van der Waals surface area (Å²) in [7, 11) is 0. The SMILES string of the molecule is Cc1cc(C)cc(C(=O)N2CCN(c3cc4c(nn3)CCC4)CC2)c1. The third kappa shape index (κ3) is 3.23. The highest BCUT2D eigenvalue weighted by atomic mass is 16.2. The van der Waals surface area contributed by atoms with Crippen LogP contribution in [-0.4, -0.2) is 47.2 Å². The second kappa shape index (κ2) is 6.47. The molecule has 1 saturated heterocycles. The predicted octanol–water partition coefficient (Wildman–Crippen LogP) is 2.54. The van der Waals surface area contributed by atoms with Crippen molar-refractivity contribution in [2.75, 3.05) is 31.1 Å². The third-order valence-electron chi connectivity index (χ3n) is 5.17. The van der Waals surface area contributed by atoms with Gasteiger partial charge in [0.1, 0.15) is 0 Å². The monoisotopic (exact) mass is 336 g/mol. The molecule has 5 nitrogen and oxygen atoms in total. The molecule has 25 heavy (non-hydrogen) atoms. The van der Waals surface area contributed by atoms with E-state index in [2.05, 4.69) is 27.2 Å². The van der Waals surface area contributed by atoms with Gasteiger partial charge < -0.3 is 9.80 Å². The second-order valence-electron chi connectivity index (χ2n) is 7.18. The first-order valence-electron chi connectivity index (χ1n) is 9.08. The number of rotatable bonds is 2. The molecule has 2 aromatic rings. The molecule has 1 fully saturated rings. The normalized spacial score (nSPS) is 16.9. The Kier molecular flexibility index (Phi) is 4.15. The van der Waals surface area contributed by atoms with E-state index in [0.717, 1.165) is 67.2 Å². The largest absolute Gasteiger partial charge is 0.352 e. The summed E-state index contributed by atoms with van der Waals surface area (Å²) in [4.78, 5) is 17.0. The van der Waals surface area contributed by atoms with Crippen LogP contribution in [0.4, 0.5) is 5.82 Å². The van der Waals surface area contributed by atoms with Gasteiger partial charge in [-0.15, -0.1) is 5.10 Å². The molecule has 1 aliphatic carbocycles. The summed E-state index contributed by atoms with van der Waals surface area (Å²) < 4.78 is 0. The molecule has 1 aromatic heterocycles. The van der Waals surface area contributed by atoms with Crippen molar-refractivity contribution in [3.05, 3.63) is 52.2 Å². The van der Waals surface area contributed by atoms with Gasteiger partial charge in [-0.3, -0.25) is 4.79 Å². The Morgan fingerprint density at radius 2 is 1.64 bits per heavy atom. The van der Waals surface area contributed by atoms with Crippen molar-refractivity contribution in [3.63, 3.8) is 0 Å². The predicted molar refractivity (Wildman–Crippen MR) is 98.1 cm³/mol. The van der Waals surface area contributed by atoms with Gasteiger partial charge in [-0.05, 0) is 56.9 Å². The molecule has 130 valence electrons. The van der Waals surface area contributed by atoms with Crippen molar-refractivity contribution >= 4 is 11.7 Å². The van der Waals surface area contributed by atoms with Crippen molar-refractivity contribution in [1.29, 1.82) is 0 Å². The Labute approximate surface area is 148 Å². The smallest absolute Gasteiger partial charge is 0.253 e. The first-order valence-corrected chi connectivity index (χ1v) is 9.08. The first-order chi connectivity index (χ1) is 12.1. The minimum Gasteiger partial charge on any atom is -0.352 e. The summed E-state index contributed by atoms with van der Waals surface area (Å²) in [5, 5.41) is 8.78. The van der Waals surface area contributed by atoms with Crippen LogP contribution >= 0.6 is 0 Å². The van der Waals surface area contributed by atoms with Crippen molar-refractivity contribution in [3.8, 4) is 0 Å². The van der Waals surface area contributed by atoms with Crippen molar-refractivity contribution in [2.24, 2.45) is 0 Å². The third-order valence-corrected chi connectivity index (χ3v) is 5.17. The molecule has 1 amide bonds. The Morgan fingerprint density at radius 1 is 0.920 bits per heavy atom. The summed E-state index contributed by atoms with van der Waals surface area (Å²) in [6.45, 7) is 7.14. The molecular weight excluding hydrogens is 312 g/mol. The van der Waals surface area contributed by atoms with Crippen LogP contribution < -0.4 is 4.90 Å². The minimum absolute atomic E-state index is 0.131. The lowest BCUT2D eigenvalue weighted by Gasteiger charge is -2.35. The fourth-order valence-electron chi connectivity index (χ4n) is 3.89. The van der Waals surface area contributed by atoms with Crippen LogP contribution in [0.2, 0.25) is 0 Å². The molecule has 2 aliphatic rings. The van der Waals surface area contributed by atoms with Gasteiger partial charge in [-0.2, -0.15) is 5.10 Å². The number of amides is 1. The lowest BCUT2D eigenvalue weighted by molar-refractivity contribution is 0.0746. The van der Waals surface area contributed by atoms with Gasteiger partial charge in [0.15, 0.2) is 5.82 Å². The standard InChI is InChI=1S/C20H24N4O/c1-14-10-15(2)12-17(11-14)20(25)24-8-6-23(7-9-24)19-13-16-4-3-5-18(16)21-22-19/h10-13H,3-9H2,1-2H3. The van der Waals surface area contributed by atoms with Gasteiger partial charge in [0.2, 0.25) is 0 Å². The van der Waals surface area contributed by atoms with E-state index in [-0.39, 0.29) is 5.91 Å². The van der Waals surface area contributed by atoms with Gasteiger partial charge in [-0.1, -0.05) is 17.2 Å². The second-order valence-corrected chi connectivity index (χ2v) is 7.18. The van der Waals surface area contributed by atoms with Crippen LogP contribution in [0.25, 0.3) is 0 Å². The lowest BCUT2D eigenvalue weighted by atomic mass is 10.1. The molecule has 0 saturated carbocycles. The lowest BCUT2D eigenvalue weighted by Crippen LogP contribution is -2.49. The average Bonchev–Trinajstić information content (AvgIpc) is 3.08. The van der Waals surface area contributed by atoms with Gasteiger partial charge in [-0.25, -0.2) is 0 Å². The zero-order valence-electron chi connectivity index (χ0n) is 15.0. The van der Waals surface area contributed by atoms with E-state index in [1.165, 1.54) is 12.0 Å². The fourth-order valence-corrected chi connectivity index (χ4v) is 3.89. The fraction of sp³-hybridized carbons (Fsp3) is 0.450. The number of carbonyl (C=O) groups is 1. The summed E-state index contributed by atoms with van der Waals surface area (Å²) in [6.07, 6.45) is 3.36. The van der Waals surface area contributed by atoms with Crippen LogP contribution in [0, 0.1) is 13.8 Å². The molecule has 0 spiro atoms. The van der Waals surface area contributed by atoms with Crippen molar-refractivity contribution < 1.29 is 4.79 Å². The van der Waals surface area contributed by atoms with Gasteiger partial charge in [0, 0.05) is 31.7 Å². The maximum Gasteiger partial charge on any atom is 0.253 e. The maximum absolute atomic E-state index is 12.8. The molecule has 1 aromatic carbocycles. The van der Waals surface area contributed by atoms with Crippen molar-refractivity contribution in [2.45, 2.75) is 33.1 Å². The van der Waals surface area contributed by atoms with Crippen LogP contribution in [0.5, 0.6) is 0 Å².